The van der Waals surface area contributed by atoms with Gasteiger partial charge in [0, 0.05) is 13.1 Å². The molecule has 8 heteroatoms. The molecule has 2 unspecified atom stereocenters. The highest BCUT2D eigenvalue weighted by Gasteiger charge is 2.19. The molecule has 2 N–H and O–H groups in total. The van der Waals surface area contributed by atoms with Gasteiger partial charge in [0.2, 0.25) is 0 Å². The normalized spacial score (nSPS) is 14.0. The van der Waals surface area contributed by atoms with E-state index in [0.29, 0.717) is 24.0 Å². The molecule has 1 heterocycles. The topological polar surface area (TPSA) is 90.9 Å². The van der Waals surface area contributed by atoms with Gasteiger partial charge in [0.1, 0.15) is 0 Å². The van der Waals surface area contributed by atoms with Crippen LogP contribution in [0.1, 0.15) is 27.7 Å². The van der Waals surface area contributed by atoms with Crippen LogP contribution in [0, 0.1) is 0 Å². The van der Waals surface area contributed by atoms with Gasteiger partial charge in [-0.05, 0) is 38.3 Å². The lowest BCUT2D eigenvalue weighted by atomic mass is 10.2. The Morgan fingerprint density at radius 3 is 1.77 bits per heavy atom. The van der Waals surface area contributed by atoms with Crippen molar-refractivity contribution in [2.24, 2.45) is 0 Å². The summed E-state index contributed by atoms with van der Waals surface area (Å²) in [6.45, 7) is 12.1. The molecule has 2 atom stereocenters. The van der Waals surface area contributed by atoms with Gasteiger partial charge in [0.15, 0.2) is 0 Å². The molecule has 30 heavy (non-hydrogen) atoms. The first kappa shape index (κ1) is 24.3. The number of benzene rings is 1. The Morgan fingerprint density at radius 2 is 1.27 bits per heavy atom. The Kier molecular flexibility index (Phi) is 9.23. The first-order valence-corrected chi connectivity index (χ1v) is 10.9. The standard InChI is InChI=1S/C22H36N4O4/c1-5-23(6-2)13-17(27)15-25-20-12-10-9-11-19(20)21(29)26(22(25)30)16-18(28)14-24(7-3)8-4/h9-12,17-18,27-28H,5-8,13-16H2,1-4H3. The molecular weight excluding hydrogens is 384 g/mol. The first-order valence-electron chi connectivity index (χ1n) is 10.9. The van der Waals surface area contributed by atoms with Crippen molar-refractivity contribution < 1.29 is 10.2 Å². The number of para-hydroxylation sites is 1. The molecule has 1 aromatic heterocycles. The molecule has 0 saturated carbocycles. The highest BCUT2D eigenvalue weighted by Crippen LogP contribution is 2.09. The summed E-state index contributed by atoms with van der Waals surface area (Å²) in [6, 6.07) is 6.92. The maximum atomic E-state index is 13.2. The lowest BCUT2D eigenvalue weighted by Gasteiger charge is -2.24. The largest absolute Gasteiger partial charge is 0.390 e. The van der Waals surface area contributed by atoms with E-state index in [-0.39, 0.29) is 13.1 Å². The van der Waals surface area contributed by atoms with Gasteiger partial charge in [0.25, 0.3) is 5.56 Å². The highest BCUT2D eigenvalue weighted by atomic mass is 16.3. The van der Waals surface area contributed by atoms with Crippen LogP contribution in [-0.4, -0.2) is 80.6 Å². The van der Waals surface area contributed by atoms with Gasteiger partial charge in [-0.2, -0.15) is 0 Å². The molecule has 1 aromatic carbocycles. The third-order valence-corrected chi connectivity index (χ3v) is 5.65. The first-order chi connectivity index (χ1) is 14.4. The average molecular weight is 421 g/mol. The van der Waals surface area contributed by atoms with E-state index in [4.69, 9.17) is 0 Å². The van der Waals surface area contributed by atoms with Crippen LogP contribution >= 0.6 is 0 Å². The quantitative estimate of drug-likeness (QED) is 0.522. The summed E-state index contributed by atoms with van der Waals surface area (Å²) in [5.41, 5.74) is -0.417. The molecule has 0 aliphatic heterocycles. The SMILES string of the molecule is CCN(CC)CC(O)Cn1c(=O)c2ccccc2n(CC(O)CN(CC)CC)c1=O. The summed E-state index contributed by atoms with van der Waals surface area (Å²) in [4.78, 5) is 30.3. The molecule has 0 radical (unpaired) electrons. The number of fused-ring (bicyclic) bond motifs is 1. The number of rotatable bonds is 12. The molecule has 8 nitrogen and oxygen atoms in total. The van der Waals surface area contributed by atoms with Crippen LogP contribution in [-0.2, 0) is 13.1 Å². The lowest BCUT2D eigenvalue weighted by Crippen LogP contribution is -2.46. The maximum absolute atomic E-state index is 13.2. The second kappa shape index (κ2) is 11.4. The Bertz CT molecular complexity index is 915. The van der Waals surface area contributed by atoms with E-state index in [9.17, 15) is 19.8 Å². The zero-order valence-electron chi connectivity index (χ0n) is 18.6. The van der Waals surface area contributed by atoms with E-state index in [1.165, 1.54) is 4.57 Å². The summed E-state index contributed by atoms with van der Waals surface area (Å²) in [7, 11) is 0. The zero-order chi connectivity index (χ0) is 22.3. The van der Waals surface area contributed by atoms with Gasteiger partial charge >= 0.3 is 5.69 Å². The molecular formula is C22H36N4O4. The molecule has 168 valence electrons. The van der Waals surface area contributed by atoms with Crippen LogP contribution in [0.4, 0.5) is 0 Å². The minimum Gasteiger partial charge on any atom is -0.390 e. The second-order valence-corrected chi connectivity index (χ2v) is 7.61. The number of likely N-dealkylation sites (N-methyl/N-ethyl adjacent to an activating group) is 2. The van der Waals surface area contributed by atoms with Crippen molar-refractivity contribution in [3.63, 3.8) is 0 Å². The molecule has 0 aliphatic carbocycles. The van der Waals surface area contributed by atoms with E-state index in [1.807, 2.05) is 32.6 Å². The fourth-order valence-corrected chi connectivity index (χ4v) is 3.80. The van der Waals surface area contributed by atoms with Crippen molar-refractivity contribution in [2.45, 2.75) is 53.0 Å². The van der Waals surface area contributed by atoms with Crippen molar-refractivity contribution in [2.75, 3.05) is 39.3 Å². The number of hydrogen-bond acceptors (Lipinski definition) is 6. The second-order valence-electron chi connectivity index (χ2n) is 7.61. The summed E-state index contributed by atoms with van der Waals surface area (Å²) >= 11 is 0. The smallest absolute Gasteiger partial charge is 0.331 e. The fourth-order valence-electron chi connectivity index (χ4n) is 3.80. The Morgan fingerprint density at radius 1 is 0.800 bits per heavy atom. The summed E-state index contributed by atoms with van der Waals surface area (Å²) in [5, 5.41) is 21.5. The van der Waals surface area contributed by atoms with Crippen molar-refractivity contribution in [1.29, 1.82) is 0 Å². The fraction of sp³-hybridized carbons (Fsp3) is 0.636. The molecule has 0 bridgehead atoms. The van der Waals surface area contributed by atoms with Crippen LogP contribution in [0.5, 0.6) is 0 Å². The van der Waals surface area contributed by atoms with Gasteiger partial charge in [-0.25, -0.2) is 4.79 Å². The van der Waals surface area contributed by atoms with Crippen molar-refractivity contribution in [3.05, 3.63) is 45.1 Å². The van der Waals surface area contributed by atoms with Gasteiger partial charge in [-0.3, -0.25) is 13.9 Å². The van der Waals surface area contributed by atoms with Gasteiger partial charge in [-0.1, -0.05) is 39.8 Å². The van der Waals surface area contributed by atoms with Gasteiger partial charge in [-0.15, -0.1) is 0 Å². The summed E-state index contributed by atoms with van der Waals surface area (Å²) < 4.78 is 2.55. The molecule has 2 rings (SSSR count). The van der Waals surface area contributed by atoms with E-state index >= 15 is 0 Å². The minimum absolute atomic E-state index is 0.0782. The molecule has 0 aliphatic rings. The third-order valence-electron chi connectivity index (χ3n) is 5.65. The highest BCUT2D eigenvalue weighted by molar-refractivity contribution is 5.77. The van der Waals surface area contributed by atoms with Crippen LogP contribution in [0.2, 0.25) is 0 Å². The Balaban J connectivity index is 2.42. The molecule has 0 spiro atoms. The molecule has 0 fully saturated rings. The van der Waals surface area contributed by atoms with E-state index in [0.717, 1.165) is 30.7 Å². The number of hydrogen-bond donors (Lipinski definition) is 2. The maximum Gasteiger partial charge on any atom is 0.331 e. The predicted molar refractivity (Wildman–Crippen MR) is 120 cm³/mol. The molecule has 0 saturated heterocycles. The Hall–Kier alpha value is -2.00. The summed E-state index contributed by atoms with van der Waals surface area (Å²) in [6.07, 6.45) is -1.59. The average Bonchev–Trinajstić information content (AvgIpc) is 2.76. The number of aromatic nitrogens is 2. The number of aliphatic hydroxyl groups is 2. The minimum atomic E-state index is -0.842. The predicted octanol–water partition coefficient (Wildman–Crippen LogP) is 0.569. The lowest BCUT2D eigenvalue weighted by molar-refractivity contribution is 0.0958. The van der Waals surface area contributed by atoms with Crippen LogP contribution < -0.4 is 11.2 Å². The number of nitrogens with zero attached hydrogens (tertiary/aromatic N) is 4. The third kappa shape index (κ3) is 5.78. The van der Waals surface area contributed by atoms with E-state index < -0.39 is 23.5 Å². The van der Waals surface area contributed by atoms with Crippen LogP contribution in [0.25, 0.3) is 10.9 Å². The summed E-state index contributed by atoms with van der Waals surface area (Å²) in [5.74, 6) is 0. The van der Waals surface area contributed by atoms with Crippen LogP contribution in [0.15, 0.2) is 33.9 Å². The van der Waals surface area contributed by atoms with E-state index in [2.05, 4.69) is 4.90 Å². The van der Waals surface area contributed by atoms with Crippen molar-refractivity contribution in [3.8, 4) is 0 Å². The Labute approximate surface area is 178 Å². The monoisotopic (exact) mass is 420 g/mol. The number of aliphatic hydroxyl groups excluding tert-OH is 2. The zero-order valence-corrected chi connectivity index (χ0v) is 18.6. The van der Waals surface area contributed by atoms with E-state index in [1.54, 1.807) is 24.3 Å². The van der Waals surface area contributed by atoms with Crippen LogP contribution in [0.3, 0.4) is 0 Å². The van der Waals surface area contributed by atoms with Gasteiger partial charge in [0.05, 0.1) is 36.2 Å². The molecule has 2 aromatic rings. The van der Waals surface area contributed by atoms with Crippen molar-refractivity contribution in [1.82, 2.24) is 18.9 Å². The van der Waals surface area contributed by atoms with Crippen molar-refractivity contribution >= 4 is 10.9 Å². The molecule has 0 amide bonds. The van der Waals surface area contributed by atoms with Gasteiger partial charge < -0.3 is 20.0 Å².